The summed E-state index contributed by atoms with van der Waals surface area (Å²) in [4.78, 5) is 4.79. The van der Waals surface area contributed by atoms with Gasteiger partial charge in [-0.15, -0.1) is 11.3 Å². The van der Waals surface area contributed by atoms with Crippen molar-refractivity contribution >= 4 is 21.6 Å². The van der Waals surface area contributed by atoms with Crippen LogP contribution >= 0.6 is 11.3 Å². The van der Waals surface area contributed by atoms with Crippen molar-refractivity contribution in [1.29, 1.82) is 0 Å². The van der Waals surface area contributed by atoms with Gasteiger partial charge in [0.25, 0.3) is 0 Å². The fourth-order valence-corrected chi connectivity index (χ4v) is 4.22. The second kappa shape index (κ2) is 11.8. The summed E-state index contributed by atoms with van der Waals surface area (Å²) >= 11 is 1.71. The summed E-state index contributed by atoms with van der Waals surface area (Å²) in [7, 11) is 0. The second-order valence-corrected chi connectivity index (χ2v) is 8.52. The molecule has 3 nitrogen and oxygen atoms in total. The molecule has 3 rings (SSSR count). The third kappa shape index (κ3) is 6.74. The van der Waals surface area contributed by atoms with Gasteiger partial charge in [0.1, 0.15) is 16.5 Å². The van der Waals surface area contributed by atoms with Gasteiger partial charge in [0.05, 0.1) is 23.4 Å². The molecule has 4 heteroatoms. The molecule has 0 unspecified atom stereocenters. The third-order valence-electron chi connectivity index (χ3n) is 4.99. The van der Waals surface area contributed by atoms with Gasteiger partial charge in [-0.3, -0.25) is 0 Å². The molecule has 0 saturated heterocycles. The first-order chi connectivity index (χ1) is 14.3. The minimum Gasteiger partial charge on any atom is -0.494 e. The van der Waals surface area contributed by atoms with Crippen molar-refractivity contribution in [3.63, 3.8) is 0 Å². The van der Waals surface area contributed by atoms with Crippen LogP contribution in [0.2, 0.25) is 0 Å². The summed E-state index contributed by atoms with van der Waals surface area (Å²) < 4.78 is 12.9. The van der Waals surface area contributed by atoms with Crippen LogP contribution in [0.4, 0.5) is 0 Å². The van der Waals surface area contributed by atoms with Gasteiger partial charge in [0.2, 0.25) is 0 Å². The number of rotatable bonds is 13. The van der Waals surface area contributed by atoms with E-state index in [0.717, 1.165) is 60.1 Å². The van der Waals surface area contributed by atoms with E-state index in [1.54, 1.807) is 11.3 Å². The van der Waals surface area contributed by atoms with Gasteiger partial charge in [-0.05, 0) is 55.3 Å². The first kappa shape index (κ1) is 21.6. The standard InChI is InChI=1S/C25H33NO2S/c1-3-5-7-8-9-10-18-28-22-15-16-23-24(19-22)29-25(26-23)20-11-13-21(14-12-20)27-17-6-4-2/h11-16,19H,3-10,17-18H2,1-2H3. The van der Waals surface area contributed by atoms with Crippen molar-refractivity contribution in [2.24, 2.45) is 0 Å². The van der Waals surface area contributed by atoms with Crippen molar-refractivity contribution in [3.05, 3.63) is 42.5 Å². The maximum atomic E-state index is 5.96. The fourth-order valence-electron chi connectivity index (χ4n) is 3.22. The first-order valence-electron chi connectivity index (χ1n) is 11.1. The molecule has 0 radical (unpaired) electrons. The van der Waals surface area contributed by atoms with Gasteiger partial charge in [0.15, 0.2) is 0 Å². The lowest BCUT2D eigenvalue weighted by Crippen LogP contribution is -1.97. The van der Waals surface area contributed by atoms with Gasteiger partial charge in [-0.1, -0.05) is 52.4 Å². The van der Waals surface area contributed by atoms with Crippen LogP contribution in [-0.2, 0) is 0 Å². The van der Waals surface area contributed by atoms with E-state index in [1.165, 1.54) is 36.8 Å². The molecule has 2 aromatic carbocycles. The molecule has 0 fully saturated rings. The van der Waals surface area contributed by atoms with Crippen LogP contribution in [0.3, 0.4) is 0 Å². The second-order valence-electron chi connectivity index (χ2n) is 7.49. The Morgan fingerprint density at radius 1 is 0.724 bits per heavy atom. The van der Waals surface area contributed by atoms with E-state index in [9.17, 15) is 0 Å². The number of ether oxygens (including phenoxy) is 2. The highest BCUT2D eigenvalue weighted by Gasteiger charge is 2.08. The van der Waals surface area contributed by atoms with Crippen LogP contribution in [0.25, 0.3) is 20.8 Å². The molecule has 3 aromatic rings. The molecular weight excluding hydrogens is 378 g/mol. The number of hydrogen-bond donors (Lipinski definition) is 0. The number of aromatic nitrogens is 1. The first-order valence-corrected chi connectivity index (χ1v) is 11.9. The number of hydrogen-bond acceptors (Lipinski definition) is 4. The Morgan fingerprint density at radius 2 is 1.38 bits per heavy atom. The summed E-state index contributed by atoms with van der Waals surface area (Å²) in [5.74, 6) is 1.87. The number of thiazole rings is 1. The molecule has 1 aromatic heterocycles. The van der Waals surface area contributed by atoms with E-state index in [1.807, 2.05) is 18.2 Å². The van der Waals surface area contributed by atoms with Gasteiger partial charge in [-0.2, -0.15) is 0 Å². The summed E-state index contributed by atoms with van der Waals surface area (Å²) in [6.45, 7) is 5.99. The van der Waals surface area contributed by atoms with Gasteiger partial charge in [0, 0.05) is 5.56 Å². The SMILES string of the molecule is CCCCCCCCOc1ccc2nc(-c3ccc(OCCCC)cc3)sc2c1. The van der Waals surface area contributed by atoms with E-state index < -0.39 is 0 Å². The quantitative estimate of drug-likeness (QED) is 0.268. The molecule has 156 valence electrons. The summed E-state index contributed by atoms with van der Waals surface area (Å²) in [5.41, 5.74) is 2.16. The largest absolute Gasteiger partial charge is 0.494 e. The van der Waals surface area contributed by atoms with E-state index in [0.29, 0.717) is 0 Å². The van der Waals surface area contributed by atoms with E-state index >= 15 is 0 Å². The normalized spacial score (nSPS) is 11.1. The number of benzene rings is 2. The minimum atomic E-state index is 0.776. The molecule has 0 saturated carbocycles. The Labute approximate surface area is 179 Å². The number of nitrogens with zero attached hydrogens (tertiary/aromatic N) is 1. The number of fused-ring (bicyclic) bond motifs is 1. The Balaban J connectivity index is 1.55. The molecule has 0 bridgehead atoms. The predicted octanol–water partition coefficient (Wildman–Crippen LogP) is 7.88. The molecule has 0 amide bonds. The molecule has 0 N–H and O–H groups in total. The van der Waals surface area contributed by atoms with E-state index in [-0.39, 0.29) is 0 Å². The highest BCUT2D eigenvalue weighted by molar-refractivity contribution is 7.21. The summed E-state index contributed by atoms with van der Waals surface area (Å²) in [5, 5.41) is 1.04. The van der Waals surface area contributed by atoms with Gasteiger partial charge >= 0.3 is 0 Å². The van der Waals surface area contributed by atoms with Gasteiger partial charge < -0.3 is 9.47 Å². The molecule has 1 heterocycles. The Kier molecular flexibility index (Phi) is 8.82. The van der Waals surface area contributed by atoms with Crippen LogP contribution in [-0.4, -0.2) is 18.2 Å². The lowest BCUT2D eigenvalue weighted by Gasteiger charge is -2.05. The molecule has 29 heavy (non-hydrogen) atoms. The molecular formula is C25H33NO2S. The maximum Gasteiger partial charge on any atom is 0.124 e. The maximum absolute atomic E-state index is 5.96. The smallest absolute Gasteiger partial charge is 0.124 e. The Hall–Kier alpha value is -2.07. The summed E-state index contributed by atoms with van der Waals surface area (Å²) in [6, 6.07) is 14.5. The third-order valence-corrected chi connectivity index (χ3v) is 6.06. The zero-order valence-electron chi connectivity index (χ0n) is 17.8. The molecule has 0 aliphatic rings. The van der Waals surface area contributed by atoms with Crippen LogP contribution in [0.15, 0.2) is 42.5 Å². The van der Waals surface area contributed by atoms with Crippen LogP contribution in [0, 0.1) is 0 Å². The van der Waals surface area contributed by atoms with E-state index in [4.69, 9.17) is 14.5 Å². The molecule has 0 aliphatic carbocycles. The van der Waals surface area contributed by atoms with Gasteiger partial charge in [-0.25, -0.2) is 4.98 Å². The lowest BCUT2D eigenvalue weighted by molar-refractivity contribution is 0.305. The zero-order chi connectivity index (χ0) is 20.3. The van der Waals surface area contributed by atoms with Crippen molar-refractivity contribution in [3.8, 4) is 22.1 Å². The van der Waals surface area contributed by atoms with Crippen molar-refractivity contribution in [2.45, 2.75) is 65.2 Å². The zero-order valence-corrected chi connectivity index (χ0v) is 18.6. The lowest BCUT2D eigenvalue weighted by atomic mass is 10.1. The van der Waals surface area contributed by atoms with Crippen molar-refractivity contribution in [1.82, 2.24) is 4.98 Å². The fraction of sp³-hybridized carbons (Fsp3) is 0.480. The average Bonchev–Trinajstić information content (AvgIpc) is 3.17. The molecule has 0 atom stereocenters. The average molecular weight is 412 g/mol. The summed E-state index contributed by atoms with van der Waals surface area (Å²) in [6.07, 6.45) is 9.92. The highest BCUT2D eigenvalue weighted by atomic mass is 32.1. The Morgan fingerprint density at radius 3 is 2.17 bits per heavy atom. The number of unbranched alkanes of at least 4 members (excludes halogenated alkanes) is 6. The van der Waals surface area contributed by atoms with Crippen LogP contribution in [0.1, 0.15) is 65.2 Å². The van der Waals surface area contributed by atoms with E-state index in [2.05, 4.69) is 38.1 Å². The topological polar surface area (TPSA) is 31.4 Å². The highest BCUT2D eigenvalue weighted by Crippen LogP contribution is 2.33. The van der Waals surface area contributed by atoms with Crippen molar-refractivity contribution < 1.29 is 9.47 Å². The van der Waals surface area contributed by atoms with Crippen LogP contribution in [0.5, 0.6) is 11.5 Å². The monoisotopic (exact) mass is 411 g/mol. The minimum absolute atomic E-state index is 0.776. The molecule has 0 aliphatic heterocycles. The van der Waals surface area contributed by atoms with Crippen LogP contribution < -0.4 is 9.47 Å². The molecule has 0 spiro atoms. The predicted molar refractivity (Wildman–Crippen MR) is 124 cm³/mol. The van der Waals surface area contributed by atoms with Crippen molar-refractivity contribution in [2.75, 3.05) is 13.2 Å². The Bertz CT molecular complexity index is 857.